The van der Waals surface area contributed by atoms with Crippen molar-refractivity contribution in [3.05, 3.63) is 102 Å². The van der Waals surface area contributed by atoms with E-state index in [4.69, 9.17) is 4.42 Å². The number of anilines is 1. The highest BCUT2D eigenvalue weighted by Gasteiger charge is 2.32. The summed E-state index contributed by atoms with van der Waals surface area (Å²) in [6, 6.07) is 23.5. The minimum atomic E-state index is -0.478. The summed E-state index contributed by atoms with van der Waals surface area (Å²) in [5.74, 6) is 0.553. The standard InChI is InChI=1S/C27H25FN4O2/c1-19(33)20-11-13-22(14-12-20)31-15-17-32(18-16-31)25(23-9-5-6-10-24(23)28)27-30-29-26(34-27)21-7-3-2-4-8-21/h2-14,25H,15-18H2,1H3/t25-/m1/s1. The Kier molecular flexibility index (Phi) is 6.18. The van der Waals surface area contributed by atoms with E-state index in [-0.39, 0.29) is 11.6 Å². The summed E-state index contributed by atoms with van der Waals surface area (Å²) in [5.41, 5.74) is 3.11. The highest BCUT2D eigenvalue weighted by Crippen LogP contribution is 2.33. The van der Waals surface area contributed by atoms with Gasteiger partial charge < -0.3 is 9.32 Å². The fraction of sp³-hybridized carbons (Fsp3) is 0.222. The van der Waals surface area contributed by atoms with Gasteiger partial charge in [0.2, 0.25) is 11.8 Å². The van der Waals surface area contributed by atoms with Gasteiger partial charge in [0.05, 0.1) is 0 Å². The van der Waals surface area contributed by atoms with E-state index in [0.717, 1.165) is 24.3 Å². The summed E-state index contributed by atoms with van der Waals surface area (Å²) >= 11 is 0. The first-order valence-electron chi connectivity index (χ1n) is 11.3. The van der Waals surface area contributed by atoms with Crippen LogP contribution in [0, 0.1) is 5.82 Å². The monoisotopic (exact) mass is 456 g/mol. The number of carbonyl (C=O) groups excluding carboxylic acids is 1. The van der Waals surface area contributed by atoms with Gasteiger partial charge in [-0.3, -0.25) is 9.69 Å². The van der Waals surface area contributed by atoms with Crippen LogP contribution in [0.5, 0.6) is 0 Å². The van der Waals surface area contributed by atoms with E-state index in [9.17, 15) is 9.18 Å². The van der Waals surface area contributed by atoms with Crippen molar-refractivity contribution >= 4 is 11.5 Å². The van der Waals surface area contributed by atoms with Crippen molar-refractivity contribution < 1.29 is 13.6 Å². The topological polar surface area (TPSA) is 62.5 Å². The van der Waals surface area contributed by atoms with E-state index in [1.807, 2.05) is 60.7 Å². The summed E-state index contributed by atoms with van der Waals surface area (Å²) in [6.07, 6.45) is 0. The lowest BCUT2D eigenvalue weighted by Crippen LogP contribution is -2.48. The Labute approximate surface area is 197 Å². The lowest BCUT2D eigenvalue weighted by atomic mass is 10.0. The van der Waals surface area contributed by atoms with Crippen LogP contribution < -0.4 is 4.90 Å². The van der Waals surface area contributed by atoms with Crippen molar-refractivity contribution in [1.82, 2.24) is 15.1 Å². The van der Waals surface area contributed by atoms with Crippen molar-refractivity contribution in [2.75, 3.05) is 31.1 Å². The molecule has 34 heavy (non-hydrogen) atoms. The number of hydrogen-bond donors (Lipinski definition) is 0. The van der Waals surface area contributed by atoms with Crippen molar-refractivity contribution in [3.63, 3.8) is 0 Å². The third-order valence-corrected chi connectivity index (χ3v) is 6.21. The first-order valence-corrected chi connectivity index (χ1v) is 11.3. The van der Waals surface area contributed by atoms with E-state index in [0.29, 0.717) is 36.0 Å². The van der Waals surface area contributed by atoms with Crippen LogP contribution in [0.15, 0.2) is 83.3 Å². The third kappa shape index (κ3) is 4.47. The normalized spacial score (nSPS) is 15.3. The molecule has 5 rings (SSSR count). The number of rotatable bonds is 6. The molecule has 6 nitrogen and oxygen atoms in total. The first-order chi connectivity index (χ1) is 16.6. The summed E-state index contributed by atoms with van der Waals surface area (Å²) < 4.78 is 21.0. The van der Waals surface area contributed by atoms with Gasteiger partial charge in [-0.1, -0.05) is 36.4 Å². The van der Waals surface area contributed by atoms with Gasteiger partial charge in [-0.2, -0.15) is 0 Å². The number of piperazine rings is 1. The minimum absolute atomic E-state index is 0.0542. The second kappa shape index (κ2) is 9.57. The van der Waals surface area contributed by atoms with Crippen molar-refractivity contribution in [3.8, 4) is 11.5 Å². The van der Waals surface area contributed by atoms with E-state index < -0.39 is 6.04 Å². The third-order valence-electron chi connectivity index (χ3n) is 6.21. The number of aromatic nitrogens is 2. The lowest BCUT2D eigenvalue weighted by molar-refractivity contribution is 0.101. The zero-order valence-electron chi connectivity index (χ0n) is 18.9. The molecule has 1 saturated heterocycles. The molecule has 3 aromatic carbocycles. The smallest absolute Gasteiger partial charge is 0.247 e. The molecule has 0 N–H and O–H groups in total. The predicted molar refractivity (Wildman–Crippen MR) is 128 cm³/mol. The molecule has 0 saturated carbocycles. The fourth-order valence-corrected chi connectivity index (χ4v) is 4.37. The fourth-order valence-electron chi connectivity index (χ4n) is 4.37. The maximum absolute atomic E-state index is 14.9. The largest absolute Gasteiger partial charge is 0.419 e. The molecule has 0 aliphatic carbocycles. The lowest BCUT2D eigenvalue weighted by Gasteiger charge is -2.39. The summed E-state index contributed by atoms with van der Waals surface area (Å²) in [4.78, 5) is 16.0. The van der Waals surface area contributed by atoms with Gasteiger partial charge in [0.25, 0.3) is 0 Å². The summed E-state index contributed by atoms with van der Waals surface area (Å²) in [6.45, 7) is 4.46. The van der Waals surface area contributed by atoms with E-state index >= 15 is 0 Å². The molecule has 2 heterocycles. The quantitative estimate of drug-likeness (QED) is 0.381. The van der Waals surface area contributed by atoms with Crippen LogP contribution in [0.2, 0.25) is 0 Å². The van der Waals surface area contributed by atoms with E-state index in [1.54, 1.807) is 19.1 Å². The van der Waals surface area contributed by atoms with E-state index in [1.165, 1.54) is 6.07 Å². The Bertz CT molecular complexity index is 1270. The Morgan fingerprint density at radius 3 is 2.24 bits per heavy atom. The molecule has 0 radical (unpaired) electrons. The molecule has 1 aromatic heterocycles. The molecule has 1 fully saturated rings. The van der Waals surface area contributed by atoms with Crippen LogP contribution >= 0.6 is 0 Å². The number of carbonyl (C=O) groups is 1. The van der Waals surface area contributed by atoms with Crippen LogP contribution in [0.1, 0.15) is 34.8 Å². The molecular weight excluding hydrogens is 431 g/mol. The van der Waals surface area contributed by atoms with Crippen LogP contribution in [0.4, 0.5) is 10.1 Å². The van der Waals surface area contributed by atoms with Gasteiger partial charge >= 0.3 is 0 Å². The number of hydrogen-bond acceptors (Lipinski definition) is 6. The van der Waals surface area contributed by atoms with Crippen LogP contribution in [-0.4, -0.2) is 47.1 Å². The summed E-state index contributed by atoms with van der Waals surface area (Å²) in [7, 11) is 0. The molecule has 1 aliphatic rings. The van der Waals surface area contributed by atoms with E-state index in [2.05, 4.69) is 20.0 Å². The van der Waals surface area contributed by atoms with Gasteiger partial charge in [-0.15, -0.1) is 10.2 Å². The second-order valence-electron chi connectivity index (χ2n) is 8.36. The van der Waals surface area contributed by atoms with Crippen LogP contribution in [0.3, 0.4) is 0 Å². The molecule has 1 aliphatic heterocycles. The Morgan fingerprint density at radius 1 is 0.882 bits per heavy atom. The van der Waals surface area contributed by atoms with Crippen LogP contribution in [-0.2, 0) is 0 Å². The molecule has 0 amide bonds. The van der Waals surface area contributed by atoms with Gasteiger partial charge in [0, 0.05) is 48.6 Å². The zero-order chi connectivity index (χ0) is 23.5. The molecule has 172 valence electrons. The SMILES string of the molecule is CC(=O)c1ccc(N2CCN([C@@H](c3nnc(-c4ccccc4)o3)c3ccccc3F)CC2)cc1. The maximum Gasteiger partial charge on any atom is 0.247 e. The Balaban J connectivity index is 1.39. The number of Topliss-reactive ketones (excluding diaryl/α,β-unsaturated/α-hetero) is 1. The predicted octanol–water partition coefficient (Wildman–Crippen LogP) is 4.99. The Morgan fingerprint density at radius 2 is 1.56 bits per heavy atom. The Hall–Kier alpha value is -3.84. The maximum atomic E-state index is 14.9. The highest BCUT2D eigenvalue weighted by atomic mass is 19.1. The highest BCUT2D eigenvalue weighted by molar-refractivity contribution is 5.94. The van der Waals surface area contributed by atoms with Gasteiger partial charge in [-0.05, 0) is 49.4 Å². The van der Waals surface area contributed by atoms with Gasteiger partial charge in [0.1, 0.15) is 11.9 Å². The summed E-state index contributed by atoms with van der Waals surface area (Å²) in [5, 5.41) is 8.56. The molecular formula is C27H25FN4O2. The molecule has 0 spiro atoms. The number of halogens is 1. The average Bonchev–Trinajstić information content (AvgIpc) is 3.36. The van der Waals surface area contributed by atoms with Crippen molar-refractivity contribution in [2.24, 2.45) is 0 Å². The number of nitrogens with zero attached hydrogens (tertiary/aromatic N) is 4. The van der Waals surface area contributed by atoms with Crippen molar-refractivity contribution in [1.29, 1.82) is 0 Å². The molecule has 0 bridgehead atoms. The molecule has 0 unspecified atom stereocenters. The minimum Gasteiger partial charge on any atom is -0.419 e. The second-order valence-corrected chi connectivity index (χ2v) is 8.36. The zero-order valence-corrected chi connectivity index (χ0v) is 18.9. The number of benzene rings is 3. The van der Waals surface area contributed by atoms with Crippen molar-refractivity contribution in [2.45, 2.75) is 13.0 Å². The number of ketones is 1. The molecule has 1 atom stereocenters. The van der Waals surface area contributed by atoms with Gasteiger partial charge in [-0.25, -0.2) is 4.39 Å². The first kappa shape index (κ1) is 22.0. The average molecular weight is 457 g/mol. The van der Waals surface area contributed by atoms with Gasteiger partial charge in [0.15, 0.2) is 5.78 Å². The molecule has 4 aromatic rings. The molecule has 7 heteroatoms. The van der Waals surface area contributed by atoms with Crippen LogP contribution in [0.25, 0.3) is 11.5 Å².